The van der Waals surface area contributed by atoms with Gasteiger partial charge in [-0.1, -0.05) is 18.2 Å². The van der Waals surface area contributed by atoms with E-state index in [9.17, 15) is 22.8 Å². The number of anilines is 1. The summed E-state index contributed by atoms with van der Waals surface area (Å²) in [5.74, 6) is -1.21. The summed E-state index contributed by atoms with van der Waals surface area (Å²) in [5.41, 5.74) is -0.375. The van der Waals surface area contributed by atoms with Gasteiger partial charge in [-0.3, -0.25) is 9.59 Å². The maximum Gasteiger partial charge on any atom is 0.417 e. The van der Waals surface area contributed by atoms with Gasteiger partial charge in [-0.25, -0.2) is 4.68 Å². The van der Waals surface area contributed by atoms with Gasteiger partial charge in [-0.2, -0.15) is 18.3 Å². The second kappa shape index (κ2) is 8.62. The molecule has 0 saturated carbocycles. The standard InChI is InChI=1S/C25H24F3N3O3/c1-16-10-12-31(29-16)18-8-9-19(20(14-18)25(26,27)28)22(32)30-13-11-24(2,23(33)34-3)15-17-6-4-5-7-21(17)30/h4-10,12,14H,11,13,15H2,1-3H3. The fourth-order valence-electron chi connectivity index (χ4n) is 4.34. The maximum atomic E-state index is 14.1. The van der Waals surface area contributed by atoms with E-state index in [2.05, 4.69) is 5.10 Å². The van der Waals surface area contributed by atoms with E-state index in [1.54, 1.807) is 50.4 Å². The summed E-state index contributed by atoms with van der Waals surface area (Å²) in [5, 5.41) is 4.16. The van der Waals surface area contributed by atoms with Crippen LogP contribution in [0.5, 0.6) is 0 Å². The Labute approximate surface area is 194 Å². The van der Waals surface area contributed by atoms with Crippen molar-refractivity contribution in [2.75, 3.05) is 18.6 Å². The number of methoxy groups -OCH3 is 1. The highest BCUT2D eigenvalue weighted by Crippen LogP contribution is 2.39. The van der Waals surface area contributed by atoms with Crippen molar-refractivity contribution in [2.45, 2.75) is 32.9 Å². The van der Waals surface area contributed by atoms with Gasteiger partial charge in [0.2, 0.25) is 0 Å². The quantitative estimate of drug-likeness (QED) is 0.506. The lowest BCUT2D eigenvalue weighted by Crippen LogP contribution is -2.36. The van der Waals surface area contributed by atoms with Gasteiger partial charge in [0.25, 0.3) is 5.91 Å². The second-order valence-electron chi connectivity index (χ2n) is 8.69. The molecule has 4 rings (SSSR count). The lowest BCUT2D eigenvalue weighted by molar-refractivity contribution is -0.152. The number of benzene rings is 2. The smallest absolute Gasteiger partial charge is 0.417 e. The van der Waals surface area contributed by atoms with E-state index in [1.165, 1.54) is 28.8 Å². The number of alkyl halides is 3. The van der Waals surface area contributed by atoms with Gasteiger partial charge in [0.15, 0.2) is 0 Å². The number of aryl methyl sites for hydroxylation is 1. The van der Waals surface area contributed by atoms with Crippen molar-refractivity contribution in [2.24, 2.45) is 5.41 Å². The third-order valence-electron chi connectivity index (χ3n) is 6.20. The van der Waals surface area contributed by atoms with Crippen molar-refractivity contribution >= 4 is 17.6 Å². The molecule has 178 valence electrons. The van der Waals surface area contributed by atoms with Crippen LogP contribution in [-0.2, 0) is 22.1 Å². The molecule has 1 aromatic heterocycles. The van der Waals surface area contributed by atoms with Crippen LogP contribution in [0.2, 0.25) is 0 Å². The second-order valence-corrected chi connectivity index (χ2v) is 8.69. The van der Waals surface area contributed by atoms with Crippen LogP contribution in [-0.4, -0.2) is 35.3 Å². The average molecular weight is 471 g/mol. The minimum absolute atomic E-state index is 0.0683. The summed E-state index contributed by atoms with van der Waals surface area (Å²) in [6.45, 7) is 3.54. The molecule has 9 heteroatoms. The van der Waals surface area contributed by atoms with Gasteiger partial charge >= 0.3 is 12.1 Å². The van der Waals surface area contributed by atoms with Crippen molar-refractivity contribution in [1.29, 1.82) is 0 Å². The Bertz CT molecular complexity index is 1250. The zero-order valence-electron chi connectivity index (χ0n) is 19.0. The molecule has 6 nitrogen and oxygen atoms in total. The molecule has 0 radical (unpaired) electrons. The highest BCUT2D eigenvalue weighted by atomic mass is 19.4. The van der Waals surface area contributed by atoms with E-state index in [-0.39, 0.29) is 18.7 Å². The molecule has 0 spiro atoms. The first-order chi connectivity index (χ1) is 16.0. The number of hydrogen-bond acceptors (Lipinski definition) is 4. The number of para-hydroxylation sites is 1. The number of hydrogen-bond donors (Lipinski definition) is 0. The summed E-state index contributed by atoms with van der Waals surface area (Å²) < 4.78 is 48.5. The first-order valence-corrected chi connectivity index (χ1v) is 10.8. The minimum Gasteiger partial charge on any atom is -0.469 e. The van der Waals surface area contributed by atoms with Gasteiger partial charge in [0.1, 0.15) is 0 Å². The fourth-order valence-corrected chi connectivity index (χ4v) is 4.34. The largest absolute Gasteiger partial charge is 0.469 e. The van der Waals surface area contributed by atoms with Crippen molar-refractivity contribution in [3.63, 3.8) is 0 Å². The summed E-state index contributed by atoms with van der Waals surface area (Å²) in [6, 6.07) is 12.2. The monoisotopic (exact) mass is 471 g/mol. The van der Waals surface area contributed by atoms with Gasteiger partial charge in [0.05, 0.1) is 35.0 Å². The molecular weight excluding hydrogens is 447 g/mol. The van der Waals surface area contributed by atoms with Crippen LogP contribution < -0.4 is 4.90 Å². The van der Waals surface area contributed by atoms with E-state index >= 15 is 0 Å². The molecule has 0 saturated heterocycles. The number of fused-ring (bicyclic) bond motifs is 1. The number of halogens is 3. The summed E-state index contributed by atoms with van der Waals surface area (Å²) in [6.07, 6.45) is -2.64. The number of rotatable bonds is 3. The molecular formula is C25H24F3N3O3. The molecule has 1 aliphatic heterocycles. The van der Waals surface area contributed by atoms with Gasteiger partial charge in [-0.05, 0) is 62.6 Å². The third-order valence-corrected chi connectivity index (χ3v) is 6.20. The predicted molar refractivity (Wildman–Crippen MR) is 120 cm³/mol. The van der Waals surface area contributed by atoms with Gasteiger partial charge in [0, 0.05) is 18.4 Å². The molecule has 1 amide bonds. The molecule has 0 aliphatic carbocycles. The normalized spacial score (nSPS) is 18.2. The summed E-state index contributed by atoms with van der Waals surface area (Å²) >= 11 is 0. The van der Waals surface area contributed by atoms with Crippen LogP contribution in [0.3, 0.4) is 0 Å². The zero-order chi connectivity index (χ0) is 24.7. The Morgan fingerprint density at radius 2 is 1.85 bits per heavy atom. The zero-order valence-corrected chi connectivity index (χ0v) is 19.0. The third kappa shape index (κ3) is 4.30. The topological polar surface area (TPSA) is 64.4 Å². The lowest BCUT2D eigenvalue weighted by atomic mass is 9.81. The molecule has 34 heavy (non-hydrogen) atoms. The number of amides is 1. The van der Waals surface area contributed by atoms with Crippen LogP contribution in [0, 0.1) is 12.3 Å². The highest BCUT2D eigenvalue weighted by molar-refractivity contribution is 6.08. The Hall–Kier alpha value is -3.62. The van der Waals surface area contributed by atoms with E-state index in [1.807, 2.05) is 0 Å². The van der Waals surface area contributed by atoms with E-state index < -0.39 is 34.6 Å². The Kier molecular flexibility index (Phi) is 5.97. The molecule has 0 N–H and O–H groups in total. The Balaban J connectivity index is 1.78. The van der Waals surface area contributed by atoms with E-state index in [4.69, 9.17) is 4.74 Å². The number of aromatic nitrogens is 2. The van der Waals surface area contributed by atoms with Crippen LogP contribution in [0.4, 0.5) is 18.9 Å². The minimum atomic E-state index is -4.75. The van der Waals surface area contributed by atoms with Crippen LogP contribution in [0.1, 0.15) is 40.5 Å². The SMILES string of the molecule is COC(=O)C1(C)CCN(C(=O)c2ccc(-n3ccc(C)n3)cc2C(F)(F)F)c2ccccc2C1. The molecule has 2 heterocycles. The fraction of sp³-hybridized carbons (Fsp3) is 0.320. The van der Waals surface area contributed by atoms with Crippen molar-refractivity contribution in [3.05, 3.63) is 77.1 Å². The molecule has 2 aromatic carbocycles. The number of esters is 1. The van der Waals surface area contributed by atoms with Gasteiger partial charge < -0.3 is 9.64 Å². The number of nitrogens with zero attached hydrogens (tertiary/aromatic N) is 3. The van der Waals surface area contributed by atoms with E-state index in [0.29, 0.717) is 23.4 Å². The molecule has 1 unspecified atom stereocenters. The number of carbonyl (C=O) groups is 2. The summed E-state index contributed by atoms with van der Waals surface area (Å²) in [4.78, 5) is 27.4. The van der Waals surface area contributed by atoms with Crippen molar-refractivity contribution in [1.82, 2.24) is 9.78 Å². The van der Waals surface area contributed by atoms with E-state index in [0.717, 1.165) is 6.07 Å². The molecule has 1 atom stereocenters. The lowest BCUT2D eigenvalue weighted by Gasteiger charge is -2.26. The van der Waals surface area contributed by atoms with Crippen molar-refractivity contribution in [3.8, 4) is 5.69 Å². The number of carbonyl (C=O) groups excluding carboxylic acids is 2. The molecule has 0 fully saturated rings. The first kappa shape index (κ1) is 23.5. The number of ether oxygens (including phenoxy) is 1. The Morgan fingerprint density at radius 1 is 1.12 bits per heavy atom. The molecule has 0 bridgehead atoms. The first-order valence-electron chi connectivity index (χ1n) is 10.8. The molecule has 3 aromatic rings. The summed E-state index contributed by atoms with van der Waals surface area (Å²) in [7, 11) is 1.30. The van der Waals surface area contributed by atoms with Crippen molar-refractivity contribution < 1.29 is 27.5 Å². The van der Waals surface area contributed by atoms with Crippen LogP contribution in [0.15, 0.2) is 54.7 Å². The average Bonchev–Trinajstić information content (AvgIpc) is 3.17. The highest BCUT2D eigenvalue weighted by Gasteiger charge is 2.41. The van der Waals surface area contributed by atoms with Crippen LogP contribution in [0.25, 0.3) is 5.69 Å². The van der Waals surface area contributed by atoms with Crippen LogP contribution >= 0.6 is 0 Å². The maximum absolute atomic E-state index is 14.1. The Morgan fingerprint density at radius 3 is 2.50 bits per heavy atom. The van der Waals surface area contributed by atoms with Gasteiger partial charge in [-0.15, -0.1) is 0 Å². The predicted octanol–water partition coefficient (Wildman–Crippen LogP) is 4.97. The molecule has 1 aliphatic rings.